The molecule has 0 radical (unpaired) electrons. The van der Waals surface area contributed by atoms with Crippen LogP contribution in [-0.4, -0.2) is 49.5 Å². The number of aromatic nitrogens is 4. The predicted molar refractivity (Wildman–Crippen MR) is 71.4 cm³/mol. The molecule has 1 aliphatic rings. The molecule has 1 aliphatic heterocycles. The summed E-state index contributed by atoms with van der Waals surface area (Å²) in [6.07, 6.45) is -2.75. The number of rotatable bonds is 3. The summed E-state index contributed by atoms with van der Waals surface area (Å²) in [5.74, 6) is -0.145. The third-order valence-electron chi connectivity index (χ3n) is 3.38. The van der Waals surface area contributed by atoms with E-state index in [1.165, 1.54) is 10.9 Å². The molecule has 1 saturated heterocycles. The van der Waals surface area contributed by atoms with E-state index >= 15 is 0 Å². The summed E-state index contributed by atoms with van der Waals surface area (Å²) in [4.78, 5) is 24.4. The van der Waals surface area contributed by atoms with Crippen molar-refractivity contribution in [3.8, 4) is 0 Å². The average Bonchev–Trinajstić information content (AvgIpc) is 3.02. The van der Waals surface area contributed by atoms with Gasteiger partial charge < -0.3 is 15.6 Å². The van der Waals surface area contributed by atoms with Crippen LogP contribution in [-0.2, 0) is 4.74 Å². The number of fused-ring (bicyclic) bond motifs is 1. The van der Waals surface area contributed by atoms with Crippen molar-refractivity contribution >= 4 is 17.1 Å². The van der Waals surface area contributed by atoms with Crippen molar-refractivity contribution in [2.75, 3.05) is 12.3 Å². The van der Waals surface area contributed by atoms with Crippen LogP contribution in [0.15, 0.2) is 16.2 Å². The lowest BCUT2D eigenvalue weighted by Gasteiger charge is -2.16. The van der Waals surface area contributed by atoms with E-state index in [1.54, 1.807) is 0 Å². The molecule has 12 heteroatoms. The highest BCUT2D eigenvalue weighted by molar-refractivity contribution is 5.70. The maximum Gasteiger partial charge on any atom is 0.280 e. The van der Waals surface area contributed by atoms with Crippen molar-refractivity contribution < 1.29 is 14.2 Å². The van der Waals surface area contributed by atoms with Gasteiger partial charge in [-0.05, 0) is 5.53 Å². The minimum absolute atomic E-state index is 0.0136. The second-order valence-corrected chi connectivity index (χ2v) is 4.66. The third kappa shape index (κ3) is 2.06. The summed E-state index contributed by atoms with van der Waals surface area (Å²) in [6, 6.07) is -1.23. The van der Waals surface area contributed by atoms with Crippen LogP contribution < -0.4 is 11.3 Å². The van der Waals surface area contributed by atoms with Crippen molar-refractivity contribution in [3.63, 3.8) is 0 Å². The number of alkyl halides is 1. The van der Waals surface area contributed by atoms with E-state index in [9.17, 15) is 9.18 Å². The first-order valence-electron chi connectivity index (χ1n) is 6.23. The van der Waals surface area contributed by atoms with Gasteiger partial charge in [0.1, 0.15) is 24.5 Å². The molecule has 116 valence electrons. The number of nitrogens with two attached hydrogens (primary N) is 1. The first kappa shape index (κ1) is 14.3. The van der Waals surface area contributed by atoms with Crippen molar-refractivity contribution in [2.45, 2.75) is 24.5 Å². The maximum absolute atomic E-state index is 14.1. The number of imidazole rings is 1. The number of nitrogens with zero attached hydrogens (tertiary/aromatic N) is 6. The molecule has 1 fully saturated rings. The second kappa shape index (κ2) is 5.26. The SMILES string of the molecule is [N-]=[N+]=N[C@@H]1[C@H](F)[C@@H](CO)O[C@@H]1n1cnc2c(=O)[nH]c(N)nc21. The smallest absolute Gasteiger partial charge is 0.280 e. The molecule has 0 saturated carbocycles. The Morgan fingerprint density at radius 2 is 2.45 bits per heavy atom. The lowest BCUT2D eigenvalue weighted by Crippen LogP contribution is -2.28. The molecule has 3 heterocycles. The molecule has 2 aromatic rings. The molecule has 0 aromatic carbocycles. The monoisotopic (exact) mass is 310 g/mol. The molecule has 2 aromatic heterocycles. The van der Waals surface area contributed by atoms with Crippen LogP contribution in [0, 0.1) is 0 Å². The van der Waals surface area contributed by atoms with Gasteiger partial charge in [0.25, 0.3) is 5.56 Å². The molecular formula is C10H11FN8O3. The zero-order valence-corrected chi connectivity index (χ0v) is 11.0. The Kier molecular flexibility index (Phi) is 3.41. The number of azide groups is 1. The number of nitrogens with one attached hydrogen (secondary N) is 1. The zero-order valence-electron chi connectivity index (χ0n) is 11.0. The molecular weight excluding hydrogens is 299 g/mol. The Morgan fingerprint density at radius 3 is 3.14 bits per heavy atom. The molecule has 0 spiro atoms. The Labute approximate surface area is 121 Å². The van der Waals surface area contributed by atoms with Gasteiger partial charge in [-0.1, -0.05) is 5.11 Å². The molecule has 4 N–H and O–H groups in total. The lowest BCUT2D eigenvalue weighted by molar-refractivity contribution is -0.0337. The number of H-pyrrole nitrogens is 1. The summed E-state index contributed by atoms with van der Waals surface area (Å²) >= 11 is 0. The number of hydrogen-bond acceptors (Lipinski definition) is 7. The number of nitrogen functional groups attached to an aromatic ring is 1. The quantitative estimate of drug-likeness (QED) is 0.396. The minimum Gasteiger partial charge on any atom is -0.394 e. The molecule has 0 bridgehead atoms. The standard InChI is InChI=1S/C10H11FN8O3/c11-4-3(1-20)22-9(5(4)17-18-13)19-2-14-6-7(19)15-10(12)16-8(6)21/h2-5,9,20H,1H2,(H3,12,15,16,21)/t3-,4-,5-,9+/m1/s1. The van der Waals surface area contributed by atoms with E-state index in [2.05, 4.69) is 25.0 Å². The van der Waals surface area contributed by atoms with Crippen LogP contribution in [0.4, 0.5) is 10.3 Å². The van der Waals surface area contributed by atoms with E-state index in [0.29, 0.717) is 0 Å². The highest BCUT2D eigenvalue weighted by Crippen LogP contribution is 2.35. The van der Waals surface area contributed by atoms with E-state index in [4.69, 9.17) is 21.1 Å². The van der Waals surface area contributed by atoms with Gasteiger partial charge in [-0.2, -0.15) is 4.98 Å². The Morgan fingerprint density at radius 1 is 1.68 bits per heavy atom. The summed E-state index contributed by atoms with van der Waals surface area (Å²) in [6.45, 7) is -0.585. The summed E-state index contributed by atoms with van der Waals surface area (Å²) < 4.78 is 20.8. The van der Waals surface area contributed by atoms with Gasteiger partial charge in [0.2, 0.25) is 5.95 Å². The third-order valence-corrected chi connectivity index (χ3v) is 3.38. The fourth-order valence-corrected chi connectivity index (χ4v) is 2.40. The van der Waals surface area contributed by atoms with Crippen LogP contribution >= 0.6 is 0 Å². The Hall–Kier alpha value is -2.69. The van der Waals surface area contributed by atoms with E-state index in [0.717, 1.165) is 0 Å². The van der Waals surface area contributed by atoms with Crippen LogP contribution in [0.1, 0.15) is 6.23 Å². The van der Waals surface area contributed by atoms with Gasteiger partial charge in [-0.15, -0.1) is 0 Å². The zero-order chi connectivity index (χ0) is 15.9. The summed E-state index contributed by atoms with van der Waals surface area (Å²) in [5.41, 5.74) is 13.6. The normalized spacial score (nSPS) is 27.9. The van der Waals surface area contributed by atoms with Gasteiger partial charge >= 0.3 is 0 Å². The Bertz CT molecular complexity index is 812. The number of anilines is 1. The Balaban J connectivity index is 2.13. The van der Waals surface area contributed by atoms with Gasteiger partial charge in [-0.3, -0.25) is 14.3 Å². The average molecular weight is 310 g/mol. The number of halogens is 1. The highest BCUT2D eigenvalue weighted by Gasteiger charge is 2.46. The molecule has 0 unspecified atom stereocenters. The molecule has 11 nitrogen and oxygen atoms in total. The van der Waals surface area contributed by atoms with Crippen molar-refractivity contribution in [1.82, 2.24) is 19.5 Å². The van der Waals surface area contributed by atoms with Crippen molar-refractivity contribution in [2.24, 2.45) is 5.11 Å². The lowest BCUT2D eigenvalue weighted by atomic mass is 10.1. The number of ether oxygens (including phenoxy) is 1. The van der Waals surface area contributed by atoms with Crippen LogP contribution in [0.3, 0.4) is 0 Å². The minimum atomic E-state index is -1.71. The number of hydrogen-bond donors (Lipinski definition) is 3. The highest BCUT2D eigenvalue weighted by atomic mass is 19.1. The number of aliphatic hydroxyl groups excluding tert-OH is 1. The van der Waals surface area contributed by atoms with E-state index in [1.807, 2.05) is 0 Å². The number of aromatic amines is 1. The van der Waals surface area contributed by atoms with E-state index < -0.39 is 36.7 Å². The predicted octanol–water partition coefficient (Wildman–Crippen LogP) is -0.392. The van der Waals surface area contributed by atoms with Gasteiger partial charge in [0.15, 0.2) is 11.2 Å². The van der Waals surface area contributed by atoms with Gasteiger partial charge in [0.05, 0.1) is 12.9 Å². The molecule has 0 amide bonds. The van der Waals surface area contributed by atoms with Crippen LogP contribution in [0.25, 0.3) is 21.6 Å². The maximum atomic E-state index is 14.1. The second-order valence-electron chi connectivity index (χ2n) is 4.66. The van der Waals surface area contributed by atoms with Crippen LogP contribution in [0.2, 0.25) is 0 Å². The summed E-state index contributed by atoms with van der Waals surface area (Å²) in [5, 5.41) is 12.5. The summed E-state index contributed by atoms with van der Waals surface area (Å²) in [7, 11) is 0. The number of aliphatic hydroxyl groups is 1. The topological polar surface area (TPSA) is 168 Å². The van der Waals surface area contributed by atoms with Crippen LogP contribution in [0.5, 0.6) is 0 Å². The molecule has 22 heavy (non-hydrogen) atoms. The van der Waals surface area contributed by atoms with E-state index in [-0.39, 0.29) is 17.1 Å². The molecule has 3 rings (SSSR count). The molecule has 0 aliphatic carbocycles. The molecule has 4 atom stereocenters. The fourth-order valence-electron chi connectivity index (χ4n) is 2.40. The van der Waals surface area contributed by atoms with Crippen molar-refractivity contribution in [3.05, 3.63) is 27.1 Å². The fraction of sp³-hybridized carbons (Fsp3) is 0.500. The van der Waals surface area contributed by atoms with Gasteiger partial charge in [-0.25, -0.2) is 9.37 Å². The van der Waals surface area contributed by atoms with Gasteiger partial charge in [0, 0.05) is 4.91 Å². The first-order valence-corrected chi connectivity index (χ1v) is 6.23. The largest absolute Gasteiger partial charge is 0.394 e. The van der Waals surface area contributed by atoms with Crippen molar-refractivity contribution in [1.29, 1.82) is 0 Å². The first-order chi connectivity index (χ1) is 10.6.